The van der Waals surface area contributed by atoms with Gasteiger partial charge < -0.3 is 10.2 Å². The SMILES string of the molecule is O=C(O)CCCCCC1CCCCC1.O=C(O)CCCCCC1CCCCC1.[Ni]. The van der Waals surface area contributed by atoms with Crippen molar-refractivity contribution in [2.45, 2.75) is 128 Å². The van der Waals surface area contributed by atoms with E-state index in [9.17, 15) is 9.59 Å². The van der Waals surface area contributed by atoms with Crippen LogP contribution < -0.4 is 0 Å². The summed E-state index contributed by atoms with van der Waals surface area (Å²) in [7, 11) is 0. The fourth-order valence-corrected chi connectivity index (χ4v) is 4.72. The zero-order valence-corrected chi connectivity index (χ0v) is 19.3. The van der Waals surface area contributed by atoms with E-state index in [0.717, 1.165) is 37.5 Å². The first-order valence-electron chi connectivity index (χ1n) is 12.0. The molecule has 2 fully saturated rings. The fraction of sp³-hybridized carbons (Fsp3) is 0.917. The van der Waals surface area contributed by atoms with Crippen LogP contribution in [0.5, 0.6) is 0 Å². The summed E-state index contributed by atoms with van der Waals surface area (Å²) in [5.74, 6) is 0.604. The van der Waals surface area contributed by atoms with Gasteiger partial charge in [0.2, 0.25) is 0 Å². The molecule has 0 atom stereocenters. The van der Waals surface area contributed by atoms with Crippen LogP contribution in [-0.4, -0.2) is 22.2 Å². The summed E-state index contributed by atoms with van der Waals surface area (Å²) in [6.07, 6.45) is 23.9. The number of carboxylic acid groups (broad SMARTS) is 2. The Balaban J connectivity index is 0.000000523. The first-order valence-corrected chi connectivity index (χ1v) is 12.0. The average Bonchev–Trinajstić information content (AvgIpc) is 2.69. The largest absolute Gasteiger partial charge is 0.481 e. The third-order valence-corrected chi connectivity index (χ3v) is 6.46. The van der Waals surface area contributed by atoms with E-state index in [0.29, 0.717) is 12.8 Å². The summed E-state index contributed by atoms with van der Waals surface area (Å²) >= 11 is 0. The second-order valence-electron chi connectivity index (χ2n) is 8.99. The smallest absolute Gasteiger partial charge is 0.303 e. The number of carbonyl (C=O) groups is 2. The third-order valence-electron chi connectivity index (χ3n) is 6.46. The molecule has 2 aliphatic rings. The van der Waals surface area contributed by atoms with Gasteiger partial charge in [0, 0.05) is 29.3 Å². The van der Waals surface area contributed by atoms with Crippen LogP contribution >= 0.6 is 0 Å². The molecule has 2 aliphatic carbocycles. The first kappa shape index (κ1) is 28.4. The molecule has 4 nitrogen and oxygen atoms in total. The van der Waals surface area contributed by atoms with Gasteiger partial charge in [-0.1, -0.05) is 103 Å². The molecule has 29 heavy (non-hydrogen) atoms. The molecule has 0 unspecified atom stereocenters. The van der Waals surface area contributed by atoms with E-state index in [1.54, 1.807) is 0 Å². The maximum absolute atomic E-state index is 10.3. The van der Waals surface area contributed by atoms with E-state index in [2.05, 4.69) is 0 Å². The molecule has 0 spiro atoms. The van der Waals surface area contributed by atoms with E-state index in [-0.39, 0.29) is 16.5 Å². The van der Waals surface area contributed by atoms with Gasteiger partial charge in [-0.25, -0.2) is 0 Å². The van der Waals surface area contributed by atoms with Gasteiger partial charge in [0.1, 0.15) is 0 Å². The molecule has 0 radical (unpaired) electrons. The van der Waals surface area contributed by atoms with Crippen molar-refractivity contribution in [3.8, 4) is 0 Å². The van der Waals surface area contributed by atoms with Gasteiger partial charge in [-0.15, -0.1) is 0 Å². The van der Waals surface area contributed by atoms with Crippen molar-refractivity contribution in [3.05, 3.63) is 0 Å². The minimum atomic E-state index is -0.650. The van der Waals surface area contributed by atoms with E-state index in [1.165, 1.54) is 89.9 Å². The molecule has 0 aromatic rings. The van der Waals surface area contributed by atoms with Crippen LogP contribution in [0.3, 0.4) is 0 Å². The molecule has 0 aromatic heterocycles. The van der Waals surface area contributed by atoms with E-state index < -0.39 is 11.9 Å². The molecular formula is C24H44NiO4. The van der Waals surface area contributed by atoms with Crippen LogP contribution in [0.4, 0.5) is 0 Å². The number of aliphatic carboxylic acids is 2. The second kappa shape index (κ2) is 19.4. The fourth-order valence-electron chi connectivity index (χ4n) is 4.72. The molecule has 2 rings (SSSR count). The molecule has 0 heterocycles. The number of carboxylic acids is 2. The molecule has 2 saturated carbocycles. The summed E-state index contributed by atoms with van der Waals surface area (Å²) in [6.45, 7) is 0. The van der Waals surface area contributed by atoms with Crippen LogP contribution in [0.1, 0.15) is 128 Å². The predicted octanol–water partition coefficient (Wildman–Crippen LogP) is 7.20. The molecule has 0 aromatic carbocycles. The Hall–Kier alpha value is -0.566. The molecule has 174 valence electrons. The topological polar surface area (TPSA) is 74.6 Å². The predicted molar refractivity (Wildman–Crippen MR) is 115 cm³/mol. The quantitative estimate of drug-likeness (QED) is 0.241. The van der Waals surface area contributed by atoms with Crippen LogP contribution in [0.2, 0.25) is 0 Å². The third kappa shape index (κ3) is 18.0. The maximum Gasteiger partial charge on any atom is 0.303 e. The average molecular weight is 455 g/mol. The van der Waals surface area contributed by atoms with Gasteiger partial charge in [0.25, 0.3) is 0 Å². The van der Waals surface area contributed by atoms with Crippen molar-refractivity contribution >= 4 is 11.9 Å². The van der Waals surface area contributed by atoms with Gasteiger partial charge >= 0.3 is 11.9 Å². The van der Waals surface area contributed by atoms with Crippen molar-refractivity contribution in [2.24, 2.45) is 11.8 Å². The maximum atomic E-state index is 10.3. The van der Waals surface area contributed by atoms with Crippen LogP contribution in [-0.2, 0) is 26.1 Å². The van der Waals surface area contributed by atoms with E-state index >= 15 is 0 Å². The van der Waals surface area contributed by atoms with Crippen LogP contribution in [0.25, 0.3) is 0 Å². The van der Waals surface area contributed by atoms with Crippen LogP contribution in [0.15, 0.2) is 0 Å². The van der Waals surface area contributed by atoms with Gasteiger partial charge in [-0.2, -0.15) is 0 Å². The Morgan fingerprint density at radius 3 is 1.21 bits per heavy atom. The van der Waals surface area contributed by atoms with Crippen molar-refractivity contribution in [2.75, 3.05) is 0 Å². The molecular weight excluding hydrogens is 411 g/mol. The first-order chi connectivity index (χ1) is 13.6. The molecule has 2 N–H and O–H groups in total. The summed E-state index contributed by atoms with van der Waals surface area (Å²) in [4.78, 5) is 20.5. The summed E-state index contributed by atoms with van der Waals surface area (Å²) in [6, 6.07) is 0. The van der Waals surface area contributed by atoms with Crippen LogP contribution in [0, 0.1) is 11.8 Å². The summed E-state index contributed by atoms with van der Waals surface area (Å²) in [5.41, 5.74) is 0. The van der Waals surface area contributed by atoms with Gasteiger partial charge in [-0.05, 0) is 24.7 Å². The Bertz CT molecular complexity index is 364. The zero-order chi connectivity index (χ0) is 20.5. The monoisotopic (exact) mass is 454 g/mol. The van der Waals surface area contributed by atoms with Gasteiger partial charge in [0.05, 0.1) is 0 Å². The molecule has 0 bridgehead atoms. The van der Waals surface area contributed by atoms with Crippen molar-refractivity contribution in [1.82, 2.24) is 0 Å². The second-order valence-corrected chi connectivity index (χ2v) is 8.99. The Morgan fingerprint density at radius 2 is 0.897 bits per heavy atom. The molecule has 5 heteroatoms. The zero-order valence-electron chi connectivity index (χ0n) is 18.3. The summed E-state index contributed by atoms with van der Waals surface area (Å²) in [5, 5.41) is 16.9. The molecule has 0 saturated heterocycles. The Kier molecular flexibility index (Phi) is 19.0. The minimum Gasteiger partial charge on any atom is -0.481 e. The number of hydrogen-bond acceptors (Lipinski definition) is 2. The Morgan fingerprint density at radius 1 is 0.552 bits per heavy atom. The normalized spacial score (nSPS) is 17.7. The number of hydrogen-bond donors (Lipinski definition) is 2. The van der Waals surface area contributed by atoms with Gasteiger partial charge in [-0.3, -0.25) is 9.59 Å². The number of rotatable bonds is 12. The van der Waals surface area contributed by atoms with Crippen molar-refractivity contribution in [3.63, 3.8) is 0 Å². The minimum absolute atomic E-state index is 0. The Labute approximate surface area is 188 Å². The van der Waals surface area contributed by atoms with Crippen molar-refractivity contribution in [1.29, 1.82) is 0 Å². The van der Waals surface area contributed by atoms with E-state index in [4.69, 9.17) is 10.2 Å². The molecule has 0 amide bonds. The number of unbranched alkanes of at least 4 members (excludes halogenated alkanes) is 4. The van der Waals surface area contributed by atoms with E-state index in [1.807, 2.05) is 0 Å². The van der Waals surface area contributed by atoms with Crippen molar-refractivity contribution < 1.29 is 36.3 Å². The standard InChI is InChI=1S/2C12H22O2.Ni/c2*13-12(14)10-6-2-5-9-11-7-3-1-4-8-11;/h2*11H,1-10H2,(H,13,14);. The summed E-state index contributed by atoms with van der Waals surface area (Å²) < 4.78 is 0. The van der Waals surface area contributed by atoms with Gasteiger partial charge in [0.15, 0.2) is 0 Å². The molecule has 0 aliphatic heterocycles.